The Labute approximate surface area is 306 Å². The largest absolute Gasteiger partial charge is 0.444 e. The summed E-state index contributed by atoms with van der Waals surface area (Å²) in [6, 6.07) is -1.04. The van der Waals surface area contributed by atoms with E-state index in [1.165, 1.54) is 90.6 Å². The number of aliphatic hydroxyl groups excluding tert-OH is 2. The van der Waals surface area contributed by atoms with Gasteiger partial charge in [-0.25, -0.2) is 4.79 Å². The average Bonchev–Trinajstić information content (AvgIpc) is 3.07. The molecule has 0 radical (unpaired) electrons. The standard InChI is InChI=1S/C41H76N2O7/c1-7-9-11-13-15-17-18-19-20-21-22-23-24-26-28-30-32-43(35(44)31-29-27-25-16-14-12-10-8-2)33-34-37(45)38(46)36(39(48-6)49-34)42-40(47)50-41(3,4)5/h2,34,36-39,45-46H,7,9-33H2,1,3-6H3,(H,42,47)/t34-,36-,37-,38-,39+/m1/s1. The monoisotopic (exact) mass is 709 g/mol. The number of alkyl carbamates (subject to hydrolysis) is 1. The van der Waals surface area contributed by atoms with E-state index in [0.29, 0.717) is 13.0 Å². The Kier molecular flexibility index (Phi) is 26.5. The predicted molar refractivity (Wildman–Crippen MR) is 203 cm³/mol. The van der Waals surface area contributed by atoms with E-state index in [4.69, 9.17) is 20.6 Å². The number of terminal acetylenes is 1. The number of carbonyl (C=O) groups excluding carboxylic acids is 2. The average molecular weight is 709 g/mol. The Hall–Kier alpha value is -1.86. The molecular weight excluding hydrogens is 632 g/mol. The summed E-state index contributed by atoms with van der Waals surface area (Å²) in [5, 5.41) is 24.7. The molecule has 1 aliphatic heterocycles. The lowest BCUT2D eigenvalue weighted by atomic mass is 9.96. The van der Waals surface area contributed by atoms with Crippen molar-refractivity contribution in [1.82, 2.24) is 10.2 Å². The lowest BCUT2D eigenvalue weighted by molar-refractivity contribution is -0.258. The summed E-state index contributed by atoms with van der Waals surface area (Å²) in [5.41, 5.74) is -0.732. The van der Waals surface area contributed by atoms with Crippen LogP contribution in [0.25, 0.3) is 0 Å². The van der Waals surface area contributed by atoms with Crippen LogP contribution in [0.2, 0.25) is 0 Å². The van der Waals surface area contributed by atoms with Crippen molar-refractivity contribution >= 4 is 12.0 Å². The molecule has 0 aromatic carbocycles. The highest BCUT2D eigenvalue weighted by atomic mass is 16.7. The van der Waals surface area contributed by atoms with Crippen molar-refractivity contribution in [3.8, 4) is 12.3 Å². The van der Waals surface area contributed by atoms with Gasteiger partial charge in [-0.2, -0.15) is 0 Å². The van der Waals surface area contributed by atoms with E-state index in [1.54, 1.807) is 25.7 Å². The van der Waals surface area contributed by atoms with Crippen LogP contribution in [0, 0.1) is 12.3 Å². The number of methoxy groups -OCH3 is 1. The maximum absolute atomic E-state index is 13.5. The second kappa shape index (κ2) is 28.7. The van der Waals surface area contributed by atoms with Crippen LogP contribution in [-0.2, 0) is 19.0 Å². The molecule has 2 amide bonds. The number of rotatable bonds is 29. The number of carbonyl (C=O) groups is 2. The summed E-state index contributed by atoms with van der Waals surface area (Å²) >= 11 is 0. The molecule has 9 heteroatoms. The fourth-order valence-corrected chi connectivity index (χ4v) is 6.64. The third kappa shape index (κ3) is 22.2. The molecule has 0 bridgehead atoms. The minimum absolute atomic E-state index is 0.0338. The first-order valence-corrected chi connectivity index (χ1v) is 20.3. The van der Waals surface area contributed by atoms with E-state index in [0.717, 1.165) is 64.2 Å². The topological polar surface area (TPSA) is 118 Å². The number of ether oxygens (including phenoxy) is 3. The number of aliphatic hydroxyl groups is 2. The van der Waals surface area contributed by atoms with Gasteiger partial charge in [0, 0.05) is 33.0 Å². The molecule has 50 heavy (non-hydrogen) atoms. The highest BCUT2D eigenvalue weighted by molar-refractivity contribution is 5.76. The van der Waals surface area contributed by atoms with Crippen molar-refractivity contribution < 1.29 is 34.0 Å². The second-order valence-corrected chi connectivity index (χ2v) is 15.4. The summed E-state index contributed by atoms with van der Waals surface area (Å²) < 4.78 is 16.8. The van der Waals surface area contributed by atoms with E-state index >= 15 is 0 Å². The third-order valence-electron chi connectivity index (χ3n) is 9.61. The van der Waals surface area contributed by atoms with Crippen LogP contribution in [0.4, 0.5) is 4.79 Å². The smallest absolute Gasteiger partial charge is 0.408 e. The minimum Gasteiger partial charge on any atom is -0.444 e. The predicted octanol–water partition coefficient (Wildman–Crippen LogP) is 8.82. The molecule has 0 unspecified atom stereocenters. The molecule has 1 aliphatic rings. The van der Waals surface area contributed by atoms with Gasteiger partial charge in [0.15, 0.2) is 6.29 Å². The van der Waals surface area contributed by atoms with Crippen molar-refractivity contribution in [3.63, 3.8) is 0 Å². The van der Waals surface area contributed by atoms with E-state index in [-0.39, 0.29) is 12.5 Å². The van der Waals surface area contributed by atoms with Crippen molar-refractivity contribution in [2.24, 2.45) is 0 Å². The Morgan fingerprint density at radius 2 is 1.24 bits per heavy atom. The van der Waals surface area contributed by atoms with Gasteiger partial charge in [0.25, 0.3) is 0 Å². The molecule has 1 saturated heterocycles. The zero-order chi connectivity index (χ0) is 37.0. The minimum atomic E-state index is -1.37. The maximum Gasteiger partial charge on any atom is 0.408 e. The normalized spacial score (nSPS) is 20.7. The first-order chi connectivity index (χ1) is 24.0. The van der Waals surface area contributed by atoms with Gasteiger partial charge in [0.1, 0.15) is 30.0 Å². The van der Waals surface area contributed by atoms with Crippen LogP contribution in [0.1, 0.15) is 182 Å². The molecular formula is C41H76N2O7. The van der Waals surface area contributed by atoms with Crippen LogP contribution in [0.15, 0.2) is 0 Å². The van der Waals surface area contributed by atoms with Crippen LogP contribution in [-0.4, -0.2) is 83.6 Å². The van der Waals surface area contributed by atoms with Crippen LogP contribution in [0.3, 0.4) is 0 Å². The van der Waals surface area contributed by atoms with Crippen molar-refractivity contribution in [1.29, 1.82) is 0 Å². The molecule has 0 spiro atoms. The lowest BCUT2D eigenvalue weighted by Gasteiger charge is -2.43. The zero-order valence-electron chi connectivity index (χ0n) is 32.7. The van der Waals surface area contributed by atoms with Gasteiger partial charge in [-0.15, -0.1) is 12.3 Å². The molecule has 3 N–H and O–H groups in total. The quantitative estimate of drug-likeness (QED) is 0.0525. The van der Waals surface area contributed by atoms with Gasteiger partial charge in [-0.1, -0.05) is 129 Å². The van der Waals surface area contributed by atoms with Gasteiger partial charge >= 0.3 is 6.09 Å². The molecule has 0 saturated carbocycles. The molecule has 292 valence electrons. The number of hydrogen-bond acceptors (Lipinski definition) is 7. The van der Waals surface area contributed by atoms with Crippen molar-refractivity contribution in [3.05, 3.63) is 0 Å². The second-order valence-electron chi connectivity index (χ2n) is 15.4. The molecule has 0 aromatic rings. The van der Waals surface area contributed by atoms with Crippen LogP contribution >= 0.6 is 0 Å². The highest BCUT2D eigenvalue weighted by Gasteiger charge is 2.46. The molecule has 9 nitrogen and oxygen atoms in total. The van der Waals surface area contributed by atoms with E-state index in [1.807, 2.05) is 0 Å². The molecule has 0 aromatic heterocycles. The summed E-state index contributed by atoms with van der Waals surface area (Å²) in [4.78, 5) is 27.7. The van der Waals surface area contributed by atoms with Crippen LogP contribution < -0.4 is 5.32 Å². The van der Waals surface area contributed by atoms with E-state index in [9.17, 15) is 19.8 Å². The molecule has 1 heterocycles. The van der Waals surface area contributed by atoms with Gasteiger partial charge in [0.2, 0.25) is 5.91 Å². The molecule has 1 fully saturated rings. The van der Waals surface area contributed by atoms with Crippen molar-refractivity contribution in [2.75, 3.05) is 20.2 Å². The van der Waals surface area contributed by atoms with Gasteiger partial charge in [-0.05, 0) is 40.0 Å². The lowest BCUT2D eigenvalue weighted by Crippen LogP contribution is -2.65. The highest BCUT2D eigenvalue weighted by Crippen LogP contribution is 2.24. The maximum atomic E-state index is 13.5. The number of nitrogens with zero attached hydrogens (tertiary/aromatic N) is 1. The van der Waals surface area contributed by atoms with Crippen LogP contribution in [0.5, 0.6) is 0 Å². The number of unbranched alkanes of at least 4 members (excludes halogenated alkanes) is 21. The summed E-state index contributed by atoms with van der Waals surface area (Å²) in [6.07, 6.45) is 28.0. The Morgan fingerprint density at radius 3 is 1.72 bits per heavy atom. The summed E-state index contributed by atoms with van der Waals surface area (Å²) in [5.74, 6) is 2.72. The molecule has 5 atom stereocenters. The molecule has 0 aliphatic carbocycles. The van der Waals surface area contributed by atoms with Crippen molar-refractivity contribution in [2.45, 2.75) is 218 Å². The SMILES string of the molecule is C#CCCCCCCCCC(=O)N(CCCCCCCCCCCCCCCCCC)C[C@H]1O[C@H](OC)[C@H](NC(=O)OC(C)(C)C)[C@@H](O)[C@@H]1O. The fourth-order valence-electron chi connectivity index (χ4n) is 6.64. The van der Waals surface area contributed by atoms with E-state index < -0.39 is 42.3 Å². The van der Waals surface area contributed by atoms with Gasteiger partial charge in [-0.3, -0.25) is 4.79 Å². The zero-order valence-corrected chi connectivity index (χ0v) is 32.7. The third-order valence-corrected chi connectivity index (χ3v) is 9.61. The van der Waals surface area contributed by atoms with E-state index in [2.05, 4.69) is 18.2 Å². The Morgan fingerprint density at radius 1 is 0.760 bits per heavy atom. The fraction of sp³-hybridized carbons (Fsp3) is 0.902. The summed E-state index contributed by atoms with van der Waals surface area (Å²) in [6.45, 7) is 8.20. The molecule has 1 rings (SSSR count). The first-order valence-electron chi connectivity index (χ1n) is 20.3. The Balaban J connectivity index is 2.55. The summed E-state index contributed by atoms with van der Waals surface area (Å²) in [7, 11) is 1.42. The van der Waals surface area contributed by atoms with Gasteiger partial charge in [0.05, 0.1) is 0 Å². The number of nitrogens with one attached hydrogen (secondary N) is 1. The Bertz CT molecular complexity index is 900. The number of amides is 2. The van der Waals surface area contributed by atoms with Gasteiger partial charge < -0.3 is 34.6 Å². The first kappa shape index (κ1) is 46.2. The number of hydrogen-bond donors (Lipinski definition) is 3.